The lowest BCUT2D eigenvalue weighted by Crippen LogP contribution is -2.52. The highest BCUT2D eigenvalue weighted by molar-refractivity contribution is 7.83. The number of hydrogen-bond acceptors (Lipinski definition) is 4. The van der Waals surface area contributed by atoms with Gasteiger partial charge in [-0.3, -0.25) is 13.9 Å². The molecule has 1 atom stereocenters. The zero-order valence-corrected chi connectivity index (χ0v) is 18.8. The van der Waals surface area contributed by atoms with Gasteiger partial charge in [-0.15, -0.1) is 0 Å². The molecule has 0 spiro atoms. The topological polar surface area (TPSA) is 53.8 Å². The Bertz CT molecular complexity index is 869. The second kappa shape index (κ2) is 10.1. The second-order valence-electron chi connectivity index (χ2n) is 8.24. The number of hydrogen-bond donors (Lipinski definition) is 0. The summed E-state index contributed by atoms with van der Waals surface area (Å²) in [6.45, 7) is 3.37. The number of furan rings is 1. The van der Waals surface area contributed by atoms with E-state index in [0.717, 1.165) is 31.7 Å². The monoisotopic (exact) mass is 448 g/mol. The van der Waals surface area contributed by atoms with E-state index in [1.165, 1.54) is 32.1 Å². The number of amides is 1. The van der Waals surface area contributed by atoms with Gasteiger partial charge < -0.3 is 9.32 Å². The van der Waals surface area contributed by atoms with E-state index in [9.17, 15) is 9.00 Å². The molecule has 1 aromatic carbocycles. The summed E-state index contributed by atoms with van der Waals surface area (Å²) < 4.78 is 18.2. The van der Waals surface area contributed by atoms with Crippen LogP contribution in [0.2, 0.25) is 5.02 Å². The summed E-state index contributed by atoms with van der Waals surface area (Å²) in [6, 6.07) is 11.5. The first-order valence-corrected chi connectivity index (χ1v) is 12.7. The zero-order chi connectivity index (χ0) is 20.9. The molecule has 0 radical (unpaired) electrons. The maximum Gasteiger partial charge on any atom is 0.289 e. The third kappa shape index (κ3) is 5.54. The molecule has 30 heavy (non-hydrogen) atoms. The lowest BCUT2D eigenvalue weighted by atomic mass is 9.94. The number of carbonyl (C=O) groups excluding carboxylic acids is 1. The molecule has 1 aliphatic heterocycles. The van der Waals surface area contributed by atoms with Crippen LogP contribution in [-0.2, 0) is 22.3 Å². The van der Waals surface area contributed by atoms with E-state index in [1.807, 2.05) is 17.0 Å². The molecule has 162 valence electrons. The first-order chi connectivity index (χ1) is 14.6. The Balaban J connectivity index is 1.27. The van der Waals surface area contributed by atoms with Gasteiger partial charge in [0.05, 0.1) is 5.75 Å². The van der Waals surface area contributed by atoms with Crippen molar-refractivity contribution in [1.82, 2.24) is 9.80 Å². The number of piperazine rings is 1. The van der Waals surface area contributed by atoms with Gasteiger partial charge in [0.15, 0.2) is 5.76 Å². The molecule has 0 N–H and O–H groups in total. The first-order valence-electron chi connectivity index (χ1n) is 10.8. The van der Waals surface area contributed by atoms with E-state index in [-0.39, 0.29) is 5.91 Å². The molecule has 1 saturated carbocycles. The number of nitrogens with zero attached hydrogens (tertiary/aromatic N) is 2. The van der Waals surface area contributed by atoms with Crippen molar-refractivity contribution >= 4 is 28.3 Å². The van der Waals surface area contributed by atoms with E-state index < -0.39 is 10.8 Å². The Morgan fingerprint density at radius 2 is 1.67 bits per heavy atom. The van der Waals surface area contributed by atoms with Gasteiger partial charge in [-0.25, -0.2) is 0 Å². The van der Waals surface area contributed by atoms with Crippen molar-refractivity contribution in [1.29, 1.82) is 0 Å². The van der Waals surface area contributed by atoms with Crippen LogP contribution < -0.4 is 0 Å². The van der Waals surface area contributed by atoms with Crippen molar-refractivity contribution in [3.05, 3.63) is 58.5 Å². The summed E-state index contributed by atoms with van der Waals surface area (Å²) in [6.07, 6.45) is 6.61. The van der Waals surface area contributed by atoms with Gasteiger partial charge in [-0.1, -0.05) is 43.0 Å². The van der Waals surface area contributed by atoms with Crippen LogP contribution in [0.5, 0.6) is 0 Å². The van der Waals surface area contributed by atoms with Crippen LogP contribution in [0, 0.1) is 0 Å². The lowest BCUT2D eigenvalue weighted by molar-refractivity contribution is 0.0496. The SMILES string of the molecule is O=C(c1ccc(C[S@](=O)Cc2ccc(Cl)cc2)o1)N1CCN(C2CCCCC2)CC1. The van der Waals surface area contributed by atoms with Gasteiger partial charge >= 0.3 is 0 Å². The number of halogens is 1. The second-order valence-corrected chi connectivity index (χ2v) is 10.1. The molecular weight excluding hydrogens is 420 g/mol. The molecule has 7 heteroatoms. The standard InChI is InChI=1S/C23H29ClN2O3S/c24-19-8-6-18(7-9-19)16-30(28)17-21-10-11-22(29-21)23(27)26-14-12-25(13-15-26)20-4-2-1-3-5-20/h6-11,20H,1-5,12-17H2/t30-/m1/s1. The fraction of sp³-hybridized carbons (Fsp3) is 0.522. The van der Waals surface area contributed by atoms with Crippen LogP contribution in [0.1, 0.15) is 54.0 Å². The minimum absolute atomic E-state index is 0.0620. The van der Waals surface area contributed by atoms with Crippen LogP contribution in [0.3, 0.4) is 0 Å². The van der Waals surface area contributed by atoms with Gasteiger partial charge in [0.25, 0.3) is 5.91 Å². The van der Waals surface area contributed by atoms with Crippen molar-refractivity contribution in [3.8, 4) is 0 Å². The van der Waals surface area contributed by atoms with Gasteiger partial charge in [0.1, 0.15) is 5.76 Å². The van der Waals surface area contributed by atoms with Gasteiger partial charge in [-0.05, 0) is 42.7 Å². The summed E-state index contributed by atoms with van der Waals surface area (Å²) in [5, 5.41) is 0.665. The lowest BCUT2D eigenvalue weighted by Gasteiger charge is -2.40. The molecule has 0 unspecified atom stereocenters. The molecule has 4 rings (SSSR count). The number of rotatable bonds is 6. The van der Waals surface area contributed by atoms with Crippen LogP contribution in [0.25, 0.3) is 0 Å². The quantitative estimate of drug-likeness (QED) is 0.654. The highest BCUT2D eigenvalue weighted by Gasteiger charge is 2.28. The Hall–Kier alpha value is -1.63. The largest absolute Gasteiger partial charge is 0.455 e. The first kappa shape index (κ1) is 21.6. The molecule has 2 fully saturated rings. The van der Waals surface area contributed by atoms with E-state index in [0.29, 0.717) is 34.1 Å². The molecule has 1 saturated heterocycles. The van der Waals surface area contributed by atoms with E-state index in [4.69, 9.17) is 16.0 Å². The Morgan fingerprint density at radius 1 is 0.967 bits per heavy atom. The Kier molecular flexibility index (Phi) is 7.28. The molecule has 2 heterocycles. The average molecular weight is 449 g/mol. The van der Waals surface area contributed by atoms with E-state index >= 15 is 0 Å². The van der Waals surface area contributed by atoms with Gasteiger partial charge in [0.2, 0.25) is 0 Å². The minimum atomic E-state index is -1.11. The fourth-order valence-electron chi connectivity index (χ4n) is 4.44. The van der Waals surface area contributed by atoms with Crippen LogP contribution in [0.15, 0.2) is 40.8 Å². The maximum atomic E-state index is 12.8. The highest BCUT2D eigenvalue weighted by atomic mass is 35.5. The summed E-state index contributed by atoms with van der Waals surface area (Å²) in [4.78, 5) is 17.3. The molecule has 1 aromatic heterocycles. The average Bonchev–Trinajstić information content (AvgIpc) is 3.24. The highest BCUT2D eigenvalue weighted by Crippen LogP contribution is 2.24. The summed E-state index contributed by atoms with van der Waals surface area (Å²) in [7, 11) is -1.11. The summed E-state index contributed by atoms with van der Waals surface area (Å²) in [5.41, 5.74) is 0.969. The maximum absolute atomic E-state index is 12.8. The zero-order valence-electron chi connectivity index (χ0n) is 17.2. The Labute approximate surface area is 185 Å². The predicted octanol–water partition coefficient (Wildman–Crippen LogP) is 4.47. The van der Waals surface area contributed by atoms with Crippen molar-refractivity contribution < 1.29 is 13.4 Å². The van der Waals surface area contributed by atoms with Gasteiger partial charge in [0, 0.05) is 53.8 Å². The third-order valence-corrected chi connectivity index (χ3v) is 7.62. The normalized spacial score (nSPS) is 19.7. The molecule has 2 aromatic rings. The number of benzene rings is 1. The van der Waals surface area contributed by atoms with Crippen molar-refractivity contribution in [2.45, 2.75) is 49.7 Å². The Morgan fingerprint density at radius 3 is 2.37 bits per heavy atom. The van der Waals surface area contributed by atoms with Gasteiger partial charge in [-0.2, -0.15) is 0 Å². The van der Waals surface area contributed by atoms with E-state index in [2.05, 4.69) is 4.90 Å². The van der Waals surface area contributed by atoms with Crippen molar-refractivity contribution in [3.63, 3.8) is 0 Å². The molecule has 2 aliphatic rings. The third-order valence-electron chi connectivity index (χ3n) is 6.11. The van der Waals surface area contributed by atoms with Crippen molar-refractivity contribution in [2.24, 2.45) is 0 Å². The number of carbonyl (C=O) groups is 1. The summed E-state index contributed by atoms with van der Waals surface area (Å²) in [5.74, 6) is 1.61. The van der Waals surface area contributed by atoms with E-state index in [1.54, 1.807) is 24.3 Å². The van der Waals surface area contributed by atoms with Crippen LogP contribution in [-0.4, -0.2) is 52.1 Å². The molecule has 0 bridgehead atoms. The minimum Gasteiger partial charge on any atom is -0.455 e. The molecular formula is C23H29ClN2O3S. The van der Waals surface area contributed by atoms with Crippen LogP contribution >= 0.6 is 11.6 Å². The predicted molar refractivity (Wildman–Crippen MR) is 120 cm³/mol. The summed E-state index contributed by atoms with van der Waals surface area (Å²) >= 11 is 5.89. The smallest absolute Gasteiger partial charge is 0.289 e. The molecule has 1 aliphatic carbocycles. The van der Waals surface area contributed by atoms with Crippen LogP contribution in [0.4, 0.5) is 0 Å². The molecule has 5 nitrogen and oxygen atoms in total. The fourth-order valence-corrected chi connectivity index (χ4v) is 5.70. The van der Waals surface area contributed by atoms with Crippen molar-refractivity contribution in [2.75, 3.05) is 26.2 Å². The molecule has 1 amide bonds.